The van der Waals surface area contributed by atoms with Crippen LogP contribution in [0.15, 0.2) is 18.2 Å². The van der Waals surface area contributed by atoms with E-state index in [-0.39, 0.29) is 11.9 Å². The molecule has 0 radical (unpaired) electrons. The Labute approximate surface area is 143 Å². The molecule has 2 heterocycles. The highest BCUT2D eigenvalue weighted by Crippen LogP contribution is 2.30. The van der Waals surface area contributed by atoms with Crippen LogP contribution in [0.4, 0.5) is 5.82 Å². The number of aromatic nitrogens is 1. The zero-order chi connectivity index (χ0) is 16.7. The van der Waals surface area contributed by atoms with Crippen LogP contribution in [0.1, 0.15) is 42.9 Å². The number of benzene rings is 1. The molecule has 0 bridgehead atoms. The number of hydrogen-bond donors (Lipinski definition) is 1. The molecule has 1 aliphatic heterocycles. The quantitative estimate of drug-likeness (QED) is 0.923. The van der Waals surface area contributed by atoms with Gasteiger partial charge in [0.25, 0.3) is 0 Å². The maximum Gasteiger partial charge on any atom is 0.217 e. The van der Waals surface area contributed by atoms with E-state index in [4.69, 9.17) is 4.98 Å². The van der Waals surface area contributed by atoms with Gasteiger partial charge in [-0.25, -0.2) is 4.98 Å². The number of anilines is 1. The highest BCUT2D eigenvalue weighted by atomic mass is 16.1. The van der Waals surface area contributed by atoms with E-state index in [0.717, 1.165) is 37.3 Å². The number of piperidine rings is 1. The number of carbonyl (C=O) groups excluding carboxylic acids is 1. The summed E-state index contributed by atoms with van der Waals surface area (Å²) < 4.78 is 0. The van der Waals surface area contributed by atoms with Crippen LogP contribution in [0.2, 0.25) is 0 Å². The number of hydrogen-bond acceptors (Lipinski definition) is 3. The summed E-state index contributed by atoms with van der Waals surface area (Å²) >= 11 is 0. The van der Waals surface area contributed by atoms with E-state index in [1.54, 1.807) is 6.92 Å². The van der Waals surface area contributed by atoms with Crippen LogP contribution in [0.5, 0.6) is 0 Å². The summed E-state index contributed by atoms with van der Waals surface area (Å²) in [6.07, 6.45) is 5.80. The van der Waals surface area contributed by atoms with E-state index in [1.807, 2.05) is 0 Å². The van der Waals surface area contributed by atoms with E-state index in [0.29, 0.717) is 0 Å². The second kappa shape index (κ2) is 6.08. The Bertz CT molecular complexity index is 799. The Morgan fingerprint density at radius 2 is 2.00 bits per heavy atom. The van der Waals surface area contributed by atoms with Crippen molar-refractivity contribution in [3.05, 3.63) is 34.9 Å². The van der Waals surface area contributed by atoms with Crippen molar-refractivity contribution in [1.82, 2.24) is 10.3 Å². The minimum Gasteiger partial charge on any atom is -0.355 e. The predicted octanol–water partition coefficient (Wildman–Crippen LogP) is 3.14. The molecule has 1 fully saturated rings. The normalized spacial score (nSPS) is 20.2. The fourth-order valence-corrected chi connectivity index (χ4v) is 4.20. The SMILES string of the molecule is CC(=O)NC1CCCN(c2cc(C)c3cc4c(cc3n2)CCC4)C1. The van der Waals surface area contributed by atoms with Crippen molar-refractivity contribution < 1.29 is 4.79 Å². The molecule has 1 N–H and O–H groups in total. The number of aryl methyl sites for hydroxylation is 3. The van der Waals surface area contributed by atoms with Gasteiger partial charge in [0, 0.05) is 31.4 Å². The summed E-state index contributed by atoms with van der Waals surface area (Å²) in [5.74, 6) is 1.10. The smallest absolute Gasteiger partial charge is 0.217 e. The Kier molecular flexibility index (Phi) is 3.91. The third-order valence-corrected chi connectivity index (χ3v) is 5.37. The van der Waals surface area contributed by atoms with E-state index >= 15 is 0 Å². The molecule has 0 saturated carbocycles. The standard InChI is InChI=1S/C20H25N3O/c1-13-9-20(23-8-4-7-17(12-23)21-14(2)24)22-19-11-16-6-3-5-15(16)10-18(13)19/h9-11,17H,3-8,12H2,1-2H3,(H,21,24). The van der Waals surface area contributed by atoms with Crippen LogP contribution < -0.4 is 10.2 Å². The zero-order valence-corrected chi connectivity index (χ0v) is 14.6. The molecule has 1 atom stereocenters. The van der Waals surface area contributed by atoms with Crippen molar-refractivity contribution in [3.8, 4) is 0 Å². The lowest BCUT2D eigenvalue weighted by Crippen LogP contribution is -2.47. The summed E-state index contributed by atoms with van der Waals surface area (Å²) in [5, 5.41) is 4.35. The van der Waals surface area contributed by atoms with Crippen molar-refractivity contribution in [1.29, 1.82) is 0 Å². The molecule has 4 rings (SSSR count). The van der Waals surface area contributed by atoms with Crippen LogP contribution in [0.25, 0.3) is 10.9 Å². The first-order valence-electron chi connectivity index (χ1n) is 9.05. The van der Waals surface area contributed by atoms with Gasteiger partial charge in [-0.2, -0.15) is 0 Å². The lowest BCUT2D eigenvalue weighted by atomic mass is 10.0. The maximum absolute atomic E-state index is 11.3. The molecule has 1 aromatic carbocycles. The Hall–Kier alpha value is -2.10. The molecule has 1 aromatic heterocycles. The van der Waals surface area contributed by atoms with Gasteiger partial charge in [-0.15, -0.1) is 0 Å². The van der Waals surface area contributed by atoms with Crippen molar-refractivity contribution in [2.24, 2.45) is 0 Å². The molecule has 4 heteroatoms. The van der Waals surface area contributed by atoms with Gasteiger partial charge in [-0.1, -0.05) is 0 Å². The molecule has 0 spiro atoms. The van der Waals surface area contributed by atoms with Crippen LogP contribution in [0.3, 0.4) is 0 Å². The number of pyridine rings is 1. The minimum absolute atomic E-state index is 0.0556. The summed E-state index contributed by atoms with van der Waals surface area (Å²) in [4.78, 5) is 18.6. The molecule has 24 heavy (non-hydrogen) atoms. The van der Waals surface area contributed by atoms with Gasteiger partial charge >= 0.3 is 0 Å². The monoisotopic (exact) mass is 323 g/mol. The maximum atomic E-state index is 11.3. The lowest BCUT2D eigenvalue weighted by Gasteiger charge is -2.34. The average Bonchev–Trinajstić information content (AvgIpc) is 3.00. The van der Waals surface area contributed by atoms with Crippen molar-refractivity contribution in [3.63, 3.8) is 0 Å². The second-order valence-corrected chi connectivity index (χ2v) is 7.27. The van der Waals surface area contributed by atoms with Crippen molar-refractivity contribution >= 4 is 22.6 Å². The first-order chi connectivity index (χ1) is 11.6. The number of rotatable bonds is 2. The molecule has 1 saturated heterocycles. The largest absolute Gasteiger partial charge is 0.355 e. The molecule has 2 aromatic rings. The van der Waals surface area contributed by atoms with Gasteiger partial charge in [0.15, 0.2) is 0 Å². The number of fused-ring (bicyclic) bond motifs is 2. The Morgan fingerprint density at radius 3 is 2.79 bits per heavy atom. The molecule has 126 valence electrons. The van der Waals surface area contributed by atoms with Crippen molar-refractivity contribution in [2.45, 2.75) is 52.0 Å². The van der Waals surface area contributed by atoms with Gasteiger partial charge in [0.2, 0.25) is 5.91 Å². The van der Waals surface area contributed by atoms with Gasteiger partial charge in [-0.3, -0.25) is 4.79 Å². The van der Waals surface area contributed by atoms with Crippen LogP contribution >= 0.6 is 0 Å². The fraction of sp³-hybridized carbons (Fsp3) is 0.500. The fourth-order valence-electron chi connectivity index (χ4n) is 4.20. The number of amides is 1. The van der Waals surface area contributed by atoms with Crippen molar-refractivity contribution in [2.75, 3.05) is 18.0 Å². The molecule has 2 aliphatic rings. The third kappa shape index (κ3) is 2.85. The van der Waals surface area contributed by atoms with Gasteiger partial charge in [0.1, 0.15) is 5.82 Å². The average molecular weight is 323 g/mol. The predicted molar refractivity (Wildman–Crippen MR) is 97.6 cm³/mol. The number of nitrogens with zero attached hydrogens (tertiary/aromatic N) is 2. The highest BCUT2D eigenvalue weighted by Gasteiger charge is 2.22. The molecule has 4 nitrogen and oxygen atoms in total. The molecule has 1 amide bonds. The van der Waals surface area contributed by atoms with E-state index in [2.05, 4.69) is 35.3 Å². The first kappa shape index (κ1) is 15.4. The van der Waals surface area contributed by atoms with Crippen LogP contribution in [-0.4, -0.2) is 30.0 Å². The van der Waals surface area contributed by atoms with Gasteiger partial charge in [-0.05, 0) is 73.9 Å². The van der Waals surface area contributed by atoms with Gasteiger partial charge < -0.3 is 10.2 Å². The summed E-state index contributed by atoms with van der Waals surface area (Å²) in [6.45, 7) is 5.64. The molecule has 1 aliphatic carbocycles. The summed E-state index contributed by atoms with van der Waals surface area (Å²) in [5.41, 5.74) is 5.39. The second-order valence-electron chi connectivity index (χ2n) is 7.27. The minimum atomic E-state index is 0.0556. The molecule has 1 unspecified atom stereocenters. The van der Waals surface area contributed by atoms with E-state index in [9.17, 15) is 4.79 Å². The Balaban J connectivity index is 1.67. The van der Waals surface area contributed by atoms with E-state index < -0.39 is 0 Å². The third-order valence-electron chi connectivity index (χ3n) is 5.37. The van der Waals surface area contributed by atoms with Gasteiger partial charge in [0.05, 0.1) is 5.52 Å². The highest BCUT2D eigenvalue weighted by molar-refractivity contribution is 5.85. The Morgan fingerprint density at radius 1 is 1.21 bits per heavy atom. The van der Waals surface area contributed by atoms with Crippen LogP contribution in [-0.2, 0) is 17.6 Å². The lowest BCUT2D eigenvalue weighted by molar-refractivity contribution is -0.119. The topological polar surface area (TPSA) is 45.2 Å². The van der Waals surface area contributed by atoms with E-state index in [1.165, 1.54) is 41.3 Å². The number of carbonyl (C=O) groups is 1. The molecular formula is C20H25N3O. The number of nitrogens with one attached hydrogen (secondary N) is 1. The first-order valence-corrected chi connectivity index (χ1v) is 9.05. The summed E-state index contributed by atoms with van der Waals surface area (Å²) in [7, 11) is 0. The zero-order valence-electron chi connectivity index (χ0n) is 14.6. The molecular weight excluding hydrogens is 298 g/mol. The summed E-state index contributed by atoms with van der Waals surface area (Å²) in [6, 6.07) is 7.08. The van der Waals surface area contributed by atoms with Crippen LogP contribution in [0, 0.1) is 6.92 Å².